The van der Waals surface area contributed by atoms with Gasteiger partial charge in [-0.2, -0.15) is 0 Å². The Labute approximate surface area is 168 Å². The molecular weight excluding hydrogens is 396 g/mol. The third-order valence-electron chi connectivity index (χ3n) is 4.01. The second-order valence-electron chi connectivity index (χ2n) is 6.32. The van der Waals surface area contributed by atoms with Gasteiger partial charge in [-0.15, -0.1) is 0 Å². The van der Waals surface area contributed by atoms with Gasteiger partial charge in [0.15, 0.2) is 11.7 Å². The highest BCUT2D eigenvalue weighted by molar-refractivity contribution is 7.22. The van der Waals surface area contributed by atoms with Crippen LogP contribution in [0, 0.1) is 6.92 Å². The number of ether oxygens (including phenoxy) is 1. The fourth-order valence-electron chi connectivity index (χ4n) is 2.53. The van der Waals surface area contributed by atoms with Gasteiger partial charge in [0.2, 0.25) is 0 Å². The molecule has 0 aliphatic rings. The monoisotopic (exact) mass is 414 g/mol. The number of hydrogen-bond donors (Lipinski definition) is 1. The van der Waals surface area contributed by atoms with Crippen LogP contribution in [0.5, 0.6) is 0 Å². The van der Waals surface area contributed by atoms with Crippen molar-refractivity contribution in [1.29, 1.82) is 0 Å². The molecule has 0 saturated heterocycles. The molecule has 0 saturated carbocycles. The number of thiazole rings is 1. The number of carbonyl (C=O) groups excluding carboxylic acids is 2. The van der Waals surface area contributed by atoms with E-state index in [1.54, 1.807) is 0 Å². The molecule has 2 heterocycles. The highest BCUT2D eigenvalue weighted by atomic mass is 32.1. The zero-order valence-corrected chi connectivity index (χ0v) is 16.8. The van der Waals surface area contributed by atoms with Gasteiger partial charge in [-0.25, -0.2) is 14.6 Å². The van der Waals surface area contributed by atoms with E-state index in [-0.39, 0.29) is 5.56 Å². The zero-order valence-electron chi connectivity index (χ0n) is 16.0. The molecule has 29 heavy (non-hydrogen) atoms. The third-order valence-corrected chi connectivity index (χ3v) is 4.94. The number of aromatic nitrogens is 3. The highest BCUT2D eigenvalue weighted by Gasteiger charge is 2.10. The molecule has 2 aromatic heterocycles. The minimum absolute atomic E-state index is 0.140. The number of nitrogens with zero attached hydrogens (tertiary/aromatic N) is 3. The van der Waals surface area contributed by atoms with Gasteiger partial charge in [0.25, 0.3) is 11.5 Å². The van der Waals surface area contributed by atoms with Crippen molar-refractivity contribution in [1.82, 2.24) is 14.1 Å². The second-order valence-corrected chi connectivity index (χ2v) is 7.35. The first-order valence-electron chi connectivity index (χ1n) is 8.53. The first-order valence-corrected chi connectivity index (χ1v) is 9.35. The lowest BCUT2D eigenvalue weighted by Crippen LogP contribution is -2.37. The standard InChI is InChI=1S/C19H18N4O5S/c1-11-4-6-13-14(8-11)29-18(20-13)21-15(24)10-28-16(25)7-5-12-9-22(2)19(27)23(3)17(12)26/h4-9H,10H2,1-3H3,(H,20,21,24)/b7-5+. The van der Waals surface area contributed by atoms with Crippen LogP contribution in [-0.2, 0) is 28.4 Å². The van der Waals surface area contributed by atoms with Crippen LogP contribution in [0.25, 0.3) is 16.3 Å². The quantitative estimate of drug-likeness (QED) is 0.496. The number of anilines is 1. The van der Waals surface area contributed by atoms with Crippen LogP contribution >= 0.6 is 11.3 Å². The summed E-state index contributed by atoms with van der Waals surface area (Å²) in [5, 5.41) is 3.00. The van der Waals surface area contributed by atoms with Gasteiger partial charge in [-0.1, -0.05) is 17.4 Å². The van der Waals surface area contributed by atoms with E-state index in [1.165, 1.54) is 42.3 Å². The van der Waals surface area contributed by atoms with Crippen LogP contribution in [0.15, 0.2) is 40.1 Å². The Hall–Kier alpha value is -3.53. The van der Waals surface area contributed by atoms with Crippen molar-refractivity contribution in [3.05, 3.63) is 62.4 Å². The van der Waals surface area contributed by atoms with Gasteiger partial charge >= 0.3 is 11.7 Å². The molecule has 150 valence electrons. The second kappa shape index (κ2) is 8.23. The molecule has 9 nitrogen and oxygen atoms in total. The molecule has 0 fully saturated rings. The van der Waals surface area contributed by atoms with Gasteiger partial charge in [0, 0.05) is 26.4 Å². The summed E-state index contributed by atoms with van der Waals surface area (Å²) in [6, 6.07) is 5.77. The summed E-state index contributed by atoms with van der Waals surface area (Å²) >= 11 is 1.32. The maximum Gasteiger partial charge on any atom is 0.331 e. The smallest absolute Gasteiger partial charge is 0.331 e. The molecule has 1 aromatic carbocycles. The molecule has 0 unspecified atom stereocenters. The van der Waals surface area contributed by atoms with Crippen molar-refractivity contribution in [2.75, 3.05) is 11.9 Å². The van der Waals surface area contributed by atoms with E-state index in [4.69, 9.17) is 4.74 Å². The Balaban J connectivity index is 1.58. The summed E-state index contributed by atoms with van der Waals surface area (Å²) in [5.74, 6) is -1.32. The lowest BCUT2D eigenvalue weighted by molar-refractivity contribution is -0.142. The van der Waals surface area contributed by atoms with Crippen LogP contribution in [-0.4, -0.2) is 32.6 Å². The summed E-state index contributed by atoms with van der Waals surface area (Å²) in [7, 11) is 2.83. The molecule has 0 aliphatic carbocycles. The van der Waals surface area contributed by atoms with Crippen molar-refractivity contribution in [2.24, 2.45) is 14.1 Å². The lowest BCUT2D eigenvalue weighted by atomic mass is 10.2. The third kappa shape index (κ3) is 4.66. The average molecular weight is 414 g/mol. The van der Waals surface area contributed by atoms with Crippen LogP contribution in [0.1, 0.15) is 11.1 Å². The fraction of sp³-hybridized carbons (Fsp3) is 0.211. The fourth-order valence-corrected chi connectivity index (χ4v) is 3.51. The van der Waals surface area contributed by atoms with Gasteiger partial charge in [0.1, 0.15) is 0 Å². The molecule has 0 bridgehead atoms. The summed E-state index contributed by atoms with van der Waals surface area (Å²) in [4.78, 5) is 51.7. The zero-order chi connectivity index (χ0) is 21.1. The van der Waals surface area contributed by atoms with E-state index >= 15 is 0 Å². The molecule has 3 rings (SSSR count). The van der Waals surface area contributed by atoms with Crippen molar-refractivity contribution in [3.8, 4) is 0 Å². The van der Waals surface area contributed by atoms with Crippen molar-refractivity contribution in [3.63, 3.8) is 0 Å². The average Bonchev–Trinajstić information content (AvgIpc) is 3.07. The molecule has 0 spiro atoms. The Morgan fingerprint density at radius 3 is 2.79 bits per heavy atom. The van der Waals surface area contributed by atoms with Crippen LogP contribution in [0.3, 0.4) is 0 Å². The first-order chi connectivity index (χ1) is 13.7. The van der Waals surface area contributed by atoms with E-state index in [0.29, 0.717) is 5.13 Å². The van der Waals surface area contributed by atoms with Gasteiger partial charge in [-0.05, 0) is 30.7 Å². The van der Waals surface area contributed by atoms with Crippen molar-refractivity contribution < 1.29 is 14.3 Å². The number of esters is 1. The SMILES string of the molecule is Cc1ccc2nc(NC(=O)COC(=O)/C=C/c3cn(C)c(=O)n(C)c3=O)sc2c1. The topological polar surface area (TPSA) is 112 Å². The molecule has 3 aromatic rings. The van der Waals surface area contributed by atoms with Crippen molar-refractivity contribution >= 4 is 44.6 Å². The molecule has 1 N–H and O–H groups in total. The van der Waals surface area contributed by atoms with Gasteiger partial charge in [-0.3, -0.25) is 19.5 Å². The molecule has 1 amide bonds. The maximum atomic E-state index is 12.0. The molecule has 0 radical (unpaired) electrons. The van der Waals surface area contributed by atoms with Gasteiger partial charge < -0.3 is 9.30 Å². The van der Waals surface area contributed by atoms with Gasteiger partial charge in [0.05, 0.1) is 15.8 Å². The molecule has 0 aliphatic heterocycles. The maximum absolute atomic E-state index is 12.0. The Morgan fingerprint density at radius 2 is 2.03 bits per heavy atom. The van der Waals surface area contributed by atoms with Crippen molar-refractivity contribution in [2.45, 2.75) is 6.92 Å². The van der Waals surface area contributed by atoms with E-state index in [2.05, 4.69) is 10.3 Å². The highest BCUT2D eigenvalue weighted by Crippen LogP contribution is 2.26. The number of hydrogen-bond acceptors (Lipinski definition) is 7. The van der Waals surface area contributed by atoms with Crippen LogP contribution in [0.4, 0.5) is 5.13 Å². The van der Waals surface area contributed by atoms with Crippen LogP contribution in [0.2, 0.25) is 0 Å². The number of fused-ring (bicyclic) bond motifs is 1. The summed E-state index contributed by atoms with van der Waals surface area (Å²) in [6.07, 6.45) is 3.57. The molecular formula is C19H18N4O5S. The largest absolute Gasteiger partial charge is 0.452 e. The van der Waals surface area contributed by atoms with Crippen LogP contribution < -0.4 is 16.6 Å². The normalized spacial score (nSPS) is 11.1. The minimum Gasteiger partial charge on any atom is -0.452 e. The van der Waals surface area contributed by atoms with E-state index < -0.39 is 29.7 Å². The number of rotatable bonds is 5. The Kier molecular flexibility index (Phi) is 5.74. The number of amides is 1. The Bertz CT molecular complexity index is 1250. The number of carbonyl (C=O) groups is 2. The summed E-state index contributed by atoms with van der Waals surface area (Å²) in [5.41, 5.74) is 0.987. The molecule has 10 heteroatoms. The number of nitrogens with one attached hydrogen (secondary N) is 1. The minimum atomic E-state index is -0.795. The summed E-state index contributed by atoms with van der Waals surface area (Å²) < 4.78 is 7.97. The lowest BCUT2D eigenvalue weighted by Gasteiger charge is -2.03. The molecule has 0 atom stereocenters. The predicted octanol–water partition coefficient (Wildman–Crippen LogP) is 1.20. The number of benzene rings is 1. The van der Waals surface area contributed by atoms with E-state index in [1.807, 2.05) is 25.1 Å². The predicted molar refractivity (Wildman–Crippen MR) is 110 cm³/mol. The Morgan fingerprint density at radius 1 is 1.28 bits per heavy atom. The van der Waals surface area contributed by atoms with E-state index in [9.17, 15) is 19.2 Å². The summed E-state index contributed by atoms with van der Waals surface area (Å²) in [6.45, 7) is 1.47. The first kappa shape index (κ1) is 20.2. The van der Waals surface area contributed by atoms with E-state index in [0.717, 1.165) is 26.4 Å². The number of aryl methyl sites for hydroxylation is 2.